The summed E-state index contributed by atoms with van der Waals surface area (Å²) in [6.45, 7) is 0. The van der Waals surface area contributed by atoms with E-state index in [2.05, 4.69) is 5.32 Å². The molecule has 5 rings (SSSR count). The van der Waals surface area contributed by atoms with Gasteiger partial charge in [0.05, 0.1) is 23.0 Å². The van der Waals surface area contributed by atoms with Crippen molar-refractivity contribution in [2.24, 2.45) is 5.92 Å². The number of carbonyl (C=O) groups excluding carboxylic acids is 1. The zero-order valence-corrected chi connectivity index (χ0v) is 22.6. The molecule has 2 saturated carbocycles. The van der Waals surface area contributed by atoms with Gasteiger partial charge in [-0.1, -0.05) is 68.9 Å². The first-order chi connectivity index (χ1) is 18.9. The SMILES string of the molecule is CO[C@H](c1ccccc1)c1nc2cc(F)ccc2n1C(C(=O)NC1(CC(=O)O)CCCCC1)C1CCCCC1. The molecule has 0 spiro atoms. The molecule has 2 fully saturated rings. The number of carboxylic acids is 1. The van der Waals surface area contributed by atoms with Gasteiger partial charge in [0.2, 0.25) is 5.91 Å². The summed E-state index contributed by atoms with van der Waals surface area (Å²) in [7, 11) is 1.61. The third kappa shape index (κ3) is 5.86. The molecule has 2 aliphatic rings. The molecule has 1 heterocycles. The number of methoxy groups -OCH3 is 1. The van der Waals surface area contributed by atoms with Crippen molar-refractivity contribution in [1.82, 2.24) is 14.9 Å². The van der Waals surface area contributed by atoms with Gasteiger partial charge in [0.15, 0.2) is 0 Å². The highest BCUT2D eigenvalue weighted by atomic mass is 19.1. The van der Waals surface area contributed by atoms with E-state index in [0.717, 1.165) is 56.9 Å². The Bertz CT molecular complexity index is 1300. The van der Waals surface area contributed by atoms with E-state index in [-0.39, 0.29) is 18.2 Å². The molecule has 8 heteroatoms. The Morgan fingerprint density at radius 2 is 1.77 bits per heavy atom. The molecule has 2 aliphatic carbocycles. The molecule has 0 radical (unpaired) electrons. The predicted molar refractivity (Wildman–Crippen MR) is 147 cm³/mol. The van der Waals surface area contributed by atoms with Crippen LogP contribution in [0.15, 0.2) is 48.5 Å². The van der Waals surface area contributed by atoms with E-state index in [9.17, 15) is 19.1 Å². The minimum absolute atomic E-state index is 0.0405. The summed E-state index contributed by atoms with van der Waals surface area (Å²) in [6, 6.07) is 13.6. The average molecular weight is 536 g/mol. The molecule has 1 amide bonds. The molecule has 7 nitrogen and oxygen atoms in total. The minimum atomic E-state index is -0.904. The monoisotopic (exact) mass is 535 g/mol. The number of nitrogens with zero attached hydrogens (tertiary/aromatic N) is 2. The van der Waals surface area contributed by atoms with Crippen LogP contribution in [0.3, 0.4) is 0 Å². The normalized spacial score (nSPS) is 19.4. The number of hydrogen-bond donors (Lipinski definition) is 2. The Morgan fingerprint density at radius 3 is 2.44 bits per heavy atom. The molecule has 0 bridgehead atoms. The van der Waals surface area contributed by atoms with Crippen LogP contribution in [0.1, 0.15) is 94.2 Å². The Hall–Kier alpha value is -3.26. The molecule has 1 unspecified atom stereocenters. The average Bonchev–Trinajstić information content (AvgIpc) is 3.28. The van der Waals surface area contributed by atoms with Crippen LogP contribution < -0.4 is 5.32 Å². The number of hydrogen-bond acceptors (Lipinski definition) is 4. The zero-order chi connectivity index (χ0) is 27.4. The molecule has 39 heavy (non-hydrogen) atoms. The van der Waals surface area contributed by atoms with Gasteiger partial charge in [-0.3, -0.25) is 9.59 Å². The summed E-state index contributed by atoms with van der Waals surface area (Å²) in [6.07, 6.45) is 8.40. The molecule has 3 aromatic rings. The van der Waals surface area contributed by atoms with Gasteiger partial charge in [-0.15, -0.1) is 0 Å². The fourth-order valence-electron chi connectivity index (χ4n) is 6.78. The van der Waals surface area contributed by atoms with Crippen molar-refractivity contribution in [3.8, 4) is 0 Å². The highest BCUT2D eigenvalue weighted by Crippen LogP contribution is 2.40. The number of benzene rings is 2. The summed E-state index contributed by atoms with van der Waals surface area (Å²) in [5.41, 5.74) is 1.26. The van der Waals surface area contributed by atoms with Gasteiger partial charge < -0.3 is 19.7 Å². The van der Waals surface area contributed by atoms with Gasteiger partial charge >= 0.3 is 5.97 Å². The Labute approximate surface area is 228 Å². The second-order valence-electron chi connectivity index (χ2n) is 11.2. The van der Waals surface area contributed by atoms with Crippen LogP contribution in [0.4, 0.5) is 4.39 Å². The van der Waals surface area contributed by atoms with Crippen molar-refractivity contribution >= 4 is 22.9 Å². The number of ether oxygens (including phenoxy) is 1. The topological polar surface area (TPSA) is 93.5 Å². The number of carbonyl (C=O) groups is 2. The second kappa shape index (κ2) is 11.9. The summed E-state index contributed by atoms with van der Waals surface area (Å²) < 4.78 is 22.3. The standard InChI is InChI=1S/C31H38FN3O4/c1-39-28(22-13-7-3-8-14-22)29-33-24-19-23(32)15-16-25(24)35(29)27(21-11-5-2-6-12-21)30(38)34-31(20-26(36)37)17-9-4-10-18-31/h3,7-8,13-16,19,21,27-28H,2,4-6,9-12,17-18,20H2,1H3,(H,34,38)(H,36,37)/t27?,28-/m1/s1. The van der Waals surface area contributed by atoms with E-state index < -0.39 is 29.5 Å². The molecule has 208 valence electrons. The van der Waals surface area contributed by atoms with Crippen molar-refractivity contribution < 1.29 is 23.8 Å². The van der Waals surface area contributed by atoms with Crippen molar-refractivity contribution in [3.63, 3.8) is 0 Å². The van der Waals surface area contributed by atoms with E-state index in [0.29, 0.717) is 29.7 Å². The predicted octanol–water partition coefficient (Wildman–Crippen LogP) is 6.33. The molecule has 2 N–H and O–H groups in total. The van der Waals surface area contributed by atoms with Gasteiger partial charge in [-0.25, -0.2) is 9.37 Å². The largest absolute Gasteiger partial charge is 0.481 e. The molecular formula is C31H38FN3O4. The maximum Gasteiger partial charge on any atom is 0.305 e. The number of nitrogens with one attached hydrogen (secondary N) is 1. The Morgan fingerprint density at radius 1 is 1.08 bits per heavy atom. The highest BCUT2D eigenvalue weighted by Gasteiger charge is 2.41. The summed E-state index contributed by atoms with van der Waals surface area (Å²) in [5, 5.41) is 13.0. The van der Waals surface area contributed by atoms with Gasteiger partial charge in [0.1, 0.15) is 23.8 Å². The third-order valence-electron chi connectivity index (χ3n) is 8.58. The summed E-state index contributed by atoms with van der Waals surface area (Å²) in [5.74, 6) is -0.893. The van der Waals surface area contributed by atoms with E-state index >= 15 is 0 Å². The van der Waals surface area contributed by atoms with Crippen molar-refractivity contribution in [2.45, 2.75) is 88.3 Å². The van der Waals surface area contributed by atoms with Crippen molar-refractivity contribution in [1.29, 1.82) is 0 Å². The van der Waals surface area contributed by atoms with Crippen LogP contribution >= 0.6 is 0 Å². The van der Waals surface area contributed by atoms with Crippen LogP contribution in [0.5, 0.6) is 0 Å². The van der Waals surface area contributed by atoms with Crippen LogP contribution in [-0.2, 0) is 14.3 Å². The zero-order valence-electron chi connectivity index (χ0n) is 22.6. The number of fused-ring (bicyclic) bond motifs is 1. The van der Waals surface area contributed by atoms with Gasteiger partial charge in [-0.05, 0) is 49.3 Å². The van der Waals surface area contributed by atoms with Crippen molar-refractivity contribution in [3.05, 3.63) is 65.7 Å². The first-order valence-electron chi connectivity index (χ1n) is 14.2. The second-order valence-corrected chi connectivity index (χ2v) is 11.2. The highest BCUT2D eigenvalue weighted by molar-refractivity contribution is 5.86. The van der Waals surface area contributed by atoms with E-state index in [1.807, 2.05) is 34.9 Å². The number of aliphatic carboxylic acids is 1. The van der Waals surface area contributed by atoms with Crippen LogP contribution in [0.25, 0.3) is 11.0 Å². The first kappa shape index (κ1) is 27.3. The van der Waals surface area contributed by atoms with Crippen LogP contribution in [0, 0.1) is 11.7 Å². The number of amides is 1. The first-order valence-corrected chi connectivity index (χ1v) is 14.2. The molecule has 2 aromatic carbocycles. The fourth-order valence-corrected chi connectivity index (χ4v) is 6.78. The summed E-state index contributed by atoms with van der Waals surface area (Å²) in [4.78, 5) is 31.2. The summed E-state index contributed by atoms with van der Waals surface area (Å²) >= 11 is 0. The van der Waals surface area contributed by atoms with Gasteiger partial charge in [-0.2, -0.15) is 0 Å². The maximum absolute atomic E-state index is 14.4. The fraction of sp³-hybridized carbons (Fsp3) is 0.516. The lowest BCUT2D eigenvalue weighted by Crippen LogP contribution is -2.54. The number of carboxylic acid groups (broad SMARTS) is 1. The van der Waals surface area contributed by atoms with Crippen LogP contribution in [-0.4, -0.2) is 39.2 Å². The molecular weight excluding hydrogens is 497 g/mol. The van der Waals surface area contributed by atoms with Gasteiger partial charge in [0.25, 0.3) is 0 Å². The number of imidazole rings is 1. The van der Waals surface area contributed by atoms with Crippen LogP contribution in [0.2, 0.25) is 0 Å². The number of rotatable bonds is 9. The van der Waals surface area contributed by atoms with E-state index in [1.54, 1.807) is 13.2 Å². The molecule has 0 saturated heterocycles. The third-order valence-corrected chi connectivity index (χ3v) is 8.58. The lowest BCUT2D eigenvalue weighted by Gasteiger charge is -2.40. The smallest absolute Gasteiger partial charge is 0.305 e. The number of aromatic nitrogens is 2. The lowest BCUT2D eigenvalue weighted by atomic mass is 9.78. The van der Waals surface area contributed by atoms with E-state index in [1.165, 1.54) is 12.1 Å². The van der Waals surface area contributed by atoms with Gasteiger partial charge in [0, 0.05) is 13.2 Å². The maximum atomic E-state index is 14.4. The lowest BCUT2D eigenvalue weighted by molar-refractivity contribution is -0.140. The Kier molecular flexibility index (Phi) is 8.31. The molecule has 2 atom stereocenters. The Balaban J connectivity index is 1.65. The quantitative estimate of drug-likeness (QED) is 0.334. The minimum Gasteiger partial charge on any atom is -0.481 e. The molecule has 1 aromatic heterocycles. The van der Waals surface area contributed by atoms with Crippen molar-refractivity contribution in [2.75, 3.05) is 7.11 Å². The number of halogens is 1. The molecule has 0 aliphatic heterocycles. The van der Waals surface area contributed by atoms with E-state index in [4.69, 9.17) is 9.72 Å².